The second-order valence-electron chi connectivity index (χ2n) is 5.23. The molecule has 20 heavy (non-hydrogen) atoms. The number of methoxy groups -OCH3 is 1. The number of hydrogen-bond donors (Lipinski definition) is 1. The van der Waals surface area contributed by atoms with Gasteiger partial charge in [0.2, 0.25) is 0 Å². The van der Waals surface area contributed by atoms with E-state index in [1.807, 2.05) is 19.1 Å². The van der Waals surface area contributed by atoms with Gasteiger partial charge in [-0.3, -0.25) is 4.90 Å². The van der Waals surface area contributed by atoms with Crippen LogP contribution in [0.3, 0.4) is 0 Å². The Balaban J connectivity index is 2.06. The fourth-order valence-electron chi connectivity index (χ4n) is 2.90. The van der Waals surface area contributed by atoms with Gasteiger partial charge in [-0.1, -0.05) is 12.1 Å². The van der Waals surface area contributed by atoms with E-state index in [0.717, 1.165) is 31.7 Å². The van der Waals surface area contributed by atoms with Crippen molar-refractivity contribution in [2.24, 2.45) is 5.73 Å². The van der Waals surface area contributed by atoms with Crippen LogP contribution in [-0.4, -0.2) is 44.4 Å². The largest absolute Gasteiger partial charge is 0.494 e. The first-order valence-electron chi connectivity index (χ1n) is 7.48. The predicted molar refractivity (Wildman–Crippen MR) is 81.0 cm³/mol. The molecule has 0 amide bonds. The average Bonchev–Trinajstić information content (AvgIpc) is 2.49. The van der Waals surface area contributed by atoms with Crippen LogP contribution in [0.15, 0.2) is 24.3 Å². The van der Waals surface area contributed by atoms with Gasteiger partial charge in [-0.05, 0) is 37.5 Å². The summed E-state index contributed by atoms with van der Waals surface area (Å²) in [5.41, 5.74) is 7.26. The molecule has 1 aliphatic heterocycles. The van der Waals surface area contributed by atoms with Crippen molar-refractivity contribution in [3.63, 3.8) is 0 Å². The van der Waals surface area contributed by atoms with E-state index in [1.165, 1.54) is 5.56 Å². The third kappa shape index (κ3) is 3.72. The Hall–Kier alpha value is -1.10. The van der Waals surface area contributed by atoms with Crippen LogP contribution in [0.2, 0.25) is 0 Å². The SMILES string of the molecule is CCOc1cccc(C(CN)N2CCC(OC)CC2)c1. The molecule has 0 aliphatic carbocycles. The Bertz CT molecular complexity index is 403. The number of nitrogens with zero attached hydrogens (tertiary/aromatic N) is 1. The van der Waals surface area contributed by atoms with Crippen LogP contribution >= 0.6 is 0 Å². The van der Waals surface area contributed by atoms with E-state index in [4.69, 9.17) is 15.2 Å². The first kappa shape index (κ1) is 15.3. The van der Waals surface area contributed by atoms with E-state index in [9.17, 15) is 0 Å². The molecule has 0 aromatic heterocycles. The molecule has 0 bridgehead atoms. The van der Waals surface area contributed by atoms with Crippen molar-refractivity contribution in [1.29, 1.82) is 0 Å². The van der Waals surface area contributed by atoms with Crippen molar-refractivity contribution in [1.82, 2.24) is 4.90 Å². The molecule has 4 nitrogen and oxygen atoms in total. The van der Waals surface area contributed by atoms with Gasteiger partial charge in [-0.25, -0.2) is 0 Å². The van der Waals surface area contributed by atoms with Crippen molar-refractivity contribution in [3.05, 3.63) is 29.8 Å². The van der Waals surface area contributed by atoms with E-state index < -0.39 is 0 Å². The Morgan fingerprint density at radius 1 is 1.35 bits per heavy atom. The lowest BCUT2D eigenvalue weighted by Gasteiger charge is -2.37. The maximum Gasteiger partial charge on any atom is 0.119 e. The average molecular weight is 278 g/mol. The molecular weight excluding hydrogens is 252 g/mol. The highest BCUT2D eigenvalue weighted by Gasteiger charge is 2.25. The summed E-state index contributed by atoms with van der Waals surface area (Å²) in [4.78, 5) is 2.46. The van der Waals surface area contributed by atoms with Crippen molar-refractivity contribution >= 4 is 0 Å². The number of nitrogens with two attached hydrogens (primary N) is 1. The first-order valence-corrected chi connectivity index (χ1v) is 7.48. The summed E-state index contributed by atoms with van der Waals surface area (Å²) in [6.07, 6.45) is 2.57. The summed E-state index contributed by atoms with van der Waals surface area (Å²) in [6, 6.07) is 8.57. The van der Waals surface area contributed by atoms with Crippen LogP contribution < -0.4 is 10.5 Å². The summed E-state index contributed by atoms with van der Waals surface area (Å²) in [5, 5.41) is 0. The highest BCUT2D eigenvalue weighted by molar-refractivity contribution is 5.31. The van der Waals surface area contributed by atoms with Crippen LogP contribution in [0.1, 0.15) is 31.4 Å². The number of hydrogen-bond acceptors (Lipinski definition) is 4. The van der Waals surface area contributed by atoms with Crippen molar-refractivity contribution in [2.45, 2.75) is 31.9 Å². The van der Waals surface area contributed by atoms with Gasteiger partial charge in [0.15, 0.2) is 0 Å². The Kier molecular flexibility index (Phi) is 5.83. The third-order valence-corrected chi connectivity index (χ3v) is 4.03. The van der Waals surface area contributed by atoms with Crippen molar-refractivity contribution in [3.8, 4) is 5.75 Å². The van der Waals surface area contributed by atoms with Gasteiger partial charge < -0.3 is 15.2 Å². The standard InChI is InChI=1S/C16H26N2O2/c1-3-20-15-6-4-5-13(11-15)16(12-17)18-9-7-14(19-2)8-10-18/h4-6,11,14,16H,3,7-10,12,17H2,1-2H3. The van der Waals surface area contributed by atoms with Crippen LogP contribution in [0.4, 0.5) is 0 Å². The molecule has 1 aromatic carbocycles. The Morgan fingerprint density at radius 2 is 2.10 bits per heavy atom. The van der Waals surface area contributed by atoms with E-state index in [-0.39, 0.29) is 6.04 Å². The normalized spacial score (nSPS) is 18.9. The lowest BCUT2D eigenvalue weighted by Crippen LogP contribution is -2.41. The molecule has 1 aliphatic rings. The van der Waals surface area contributed by atoms with E-state index in [0.29, 0.717) is 19.3 Å². The molecule has 0 saturated carbocycles. The monoisotopic (exact) mass is 278 g/mol. The highest BCUT2D eigenvalue weighted by Crippen LogP contribution is 2.27. The molecule has 1 atom stereocenters. The smallest absolute Gasteiger partial charge is 0.119 e. The Labute approximate surface area is 121 Å². The minimum atomic E-state index is 0.271. The molecular formula is C16H26N2O2. The molecule has 1 fully saturated rings. The minimum absolute atomic E-state index is 0.271. The maximum absolute atomic E-state index is 6.01. The zero-order valence-corrected chi connectivity index (χ0v) is 12.5. The molecule has 4 heteroatoms. The fraction of sp³-hybridized carbons (Fsp3) is 0.625. The van der Waals surface area contributed by atoms with Gasteiger partial charge in [-0.15, -0.1) is 0 Å². The summed E-state index contributed by atoms with van der Waals surface area (Å²) < 4.78 is 11.0. The van der Waals surface area contributed by atoms with Gasteiger partial charge in [0.25, 0.3) is 0 Å². The number of ether oxygens (including phenoxy) is 2. The lowest BCUT2D eigenvalue weighted by atomic mass is 10.0. The second kappa shape index (κ2) is 7.62. The molecule has 0 spiro atoms. The zero-order chi connectivity index (χ0) is 14.4. The van der Waals surface area contributed by atoms with Crippen molar-refractivity contribution < 1.29 is 9.47 Å². The molecule has 112 valence electrons. The minimum Gasteiger partial charge on any atom is -0.494 e. The summed E-state index contributed by atoms with van der Waals surface area (Å²) in [5.74, 6) is 0.926. The molecule has 2 N–H and O–H groups in total. The molecule has 1 unspecified atom stereocenters. The maximum atomic E-state index is 6.01. The topological polar surface area (TPSA) is 47.7 Å². The first-order chi connectivity index (χ1) is 9.78. The van der Waals surface area contributed by atoms with Gasteiger partial charge in [-0.2, -0.15) is 0 Å². The molecule has 1 heterocycles. The predicted octanol–water partition coefficient (Wildman–Crippen LogP) is 2.20. The van der Waals surface area contributed by atoms with Crippen LogP contribution in [-0.2, 0) is 4.74 Å². The lowest BCUT2D eigenvalue weighted by molar-refractivity contribution is 0.0280. The van der Waals surface area contributed by atoms with E-state index in [1.54, 1.807) is 7.11 Å². The highest BCUT2D eigenvalue weighted by atomic mass is 16.5. The number of rotatable bonds is 6. The molecule has 2 rings (SSSR count). The van der Waals surface area contributed by atoms with Gasteiger partial charge >= 0.3 is 0 Å². The van der Waals surface area contributed by atoms with Crippen LogP contribution in [0.25, 0.3) is 0 Å². The third-order valence-electron chi connectivity index (χ3n) is 4.03. The second-order valence-corrected chi connectivity index (χ2v) is 5.23. The number of likely N-dealkylation sites (tertiary alicyclic amines) is 1. The summed E-state index contributed by atoms with van der Waals surface area (Å²) in [7, 11) is 1.80. The van der Waals surface area contributed by atoms with Gasteiger partial charge in [0.05, 0.1) is 12.7 Å². The zero-order valence-electron chi connectivity index (χ0n) is 12.5. The molecule has 0 radical (unpaired) electrons. The molecule has 1 saturated heterocycles. The van der Waals surface area contributed by atoms with E-state index in [2.05, 4.69) is 17.0 Å². The Morgan fingerprint density at radius 3 is 2.70 bits per heavy atom. The quantitative estimate of drug-likeness (QED) is 0.866. The van der Waals surface area contributed by atoms with Gasteiger partial charge in [0, 0.05) is 32.8 Å². The van der Waals surface area contributed by atoms with E-state index >= 15 is 0 Å². The number of piperidine rings is 1. The summed E-state index contributed by atoms with van der Waals surface area (Å²) in [6.45, 7) is 5.41. The van der Waals surface area contributed by atoms with Crippen LogP contribution in [0, 0.1) is 0 Å². The molecule has 1 aromatic rings. The summed E-state index contributed by atoms with van der Waals surface area (Å²) >= 11 is 0. The van der Waals surface area contributed by atoms with Gasteiger partial charge in [0.1, 0.15) is 5.75 Å². The van der Waals surface area contributed by atoms with Crippen LogP contribution in [0.5, 0.6) is 5.75 Å². The fourth-order valence-corrected chi connectivity index (χ4v) is 2.90. The number of benzene rings is 1. The van der Waals surface area contributed by atoms with Crippen molar-refractivity contribution in [2.75, 3.05) is 33.4 Å².